The van der Waals surface area contributed by atoms with Gasteiger partial charge in [0.05, 0.1) is 11.1 Å². The first-order chi connectivity index (χ1) is 14.6. The van der Waals surface area contributed by atoms with Gasteiger partial charge in [-0.05, 0) is 69.6 Å². The van der Waals surface area contributed by atoms with E-state index in [1.807, 2.05) is 18.2 Å². The van der Waals surface area contributed by atoms with E-state index in [4.69, 9.17) is 9.47 Å². The standard InChI is InChI=1S/C24H31BrN2O4/c1-16(2)11-12-30-19-8-6-7-17(13-19)23(29)27-26-22(28)15-31-21-10-9-18(14-20(21)25)24(3,4)5/h6-10,13-14,16H,11-12,15H2,1-5H3,(H,26,28)(H,27,29). The molecule has 0 atom stereocenters. The van der Waals surface area contributed by atoms with Gasteiger partial charge in [0.1, 0.15) is 11.5 Å². The van der Waals surface area contributed by atoms with Crippen molar-refractivity contribution in [3.05, 3.63) is 58.1 Å². The number of amides is 2. The highest BCUT2D eigenvalue weighted by atomic mass is 79.9. The smallest absolute Gasteiger partial charge is 0.276 e. The van der Waals surface area contributed by atoms with E-state index in [2.05, 4.69) is 61.4 Å². The number of ether oxygens (including phenoxy) is 2. The van der Waals surface area contributed by atoms with Crippen LogP contribution in [-0.4, -0.2) is 25.0 Å². The number of hydrogen-bond acceptors (Lipinski definition) is 4. The van der Waals surface area contributed by atoms with Crippen molar-refractivity contribution in [2.24, 2.45) is 5.92 Å². The van der Waals surface area contributed by atoms with Crippen LogP contribution in [0, 0.1) is 5.92 Å². The number of carbonyl (C=O) groups excluding carboxylic acids is 2. The van der Waals surface area contributed by atoms with Crippen molar-refractivity contribution in [1.29, 1.82) is 0 Å². The van der Waals surface area contributed by atoms with Crippen LogP contribution in [0.4, 0.5) is 0 Å². The van der Waals surface area contributed by atoms with Gasteiger partial charge in [-0.25, -0.2) is 0 Å². The molecule has 2 rings (SSSR count). The van der Waals surface area contributed by atoms with Gasteiger partial charge in [0.15, 0.2) is 6.61 Å². The van der Waals surface area contributed by atoms with E-state index in [-0.39, 0.29) is 12.0 Å². The molecule has 0 aliphatic heterocycles. The molecule has 2 N–H and O–H groups in total. The van der Waals surface area contributed by atoms with Gasteiger partial charge in [-0.3, -0.25) is 20.4 Å². The molecule has 0 saturated heterocycles. The largest absolute Gasteiger partial charge is 0.494 e. The minimum absolute atomic E-state index is 0.0134. The fourth-order valence-corrected chi connectivity index (χ4v) is 3.10. The van der Waals surface area contributed by atoms with Crippen LogP contribution in [-0.2, 0) is 10.2 Å². The van der Waals surface area contributed by atoms with E-state index in [0.717, 1.165) is 16.5 Å². The van der Waals surface area contributed by atoms with E-state index in [9.17, 15) is 9.59 Å². The highest BCUT2D eigenvalue weighted by Crippen LogP contribution is 2.31. The summed E-state index contributed by atoms with van der Waals surface area (Å²) in [6, 6.07) is 12.6. The summed E-state index contributed by atoms with van der Waals surface area (Å²) in [5.41, 5.74) is 6.32. The van der Waals surface area contributed by atoms with Crippen LogP contribution in [0.15, 0.2) is 46.9 Å². The van der Waals surface area contributed by atoms with Crippen molar-refractivity contribution in [3.8, 4) is 11.5 Å². The topological polar surface area (TPSA) is 76.7 Å². The molecule has 2 amide bonds. The molecular weight excluding hydrogens is 460 g/mol. The van der Waals surface area contributed by atoms with Gasteiger partial charge in [-0.1, -0.05) is 46.8 Å². The highest BCUT2D eigenvalue weighted by Gasteiger charge is 2.16. The number of benzene rings is 2. The molecule has 0 aliphatic rings. The monoisotopic (exact) mass is 490 g/mol. The number of rotatable bonds is 8. The average Bonchev–Trinajstić information content (AvgIpc) is 2.70. The van der Waals surface area contributed by atoms with E-state index in [0.29, 0.717) is 29.6 Å². The summed E-state index contributed by atoms with van der Waals surface area (Å²) in [6.45, 7) is 11.0. The van der Waals surface area contributed by atoms with Gasteiger partial charge in [0.2, 0.25) is 0 Å². The number of carbonyl (C=O) groups is 2. The zero-order valence-corrected chi connectivity index (χ0v) is 20.3. The molecule has 2 aromatic rings. The molecule has 0 heterocycles. The number of nitrogens with one attached hydrogen (secondary N) is 2. The van der Waals surface area contributed by atoms with E-state index in [1.165, 1.54) is 0 Å². The molecule has 0 saturated carbocycles. The lowest BCUT2D eigenvalue weighted by atomic mass is 9.87. The Morgan fingerprint density at radius 2 is 1.77 bits per heavy atom. The van der Waals surface area contributed by atoms with Crippen LogP contribution in [0.5, 0.6) is 11.5 Å². The van der Waals surface area contributed by atoms with Gasteiger partial charge >= 0.3 is 0 Å². The quantitative estimate of drug-likeness (QED) is 0.509. The Kier molecular flexibility index (Phi) is 8.92. The fraction of sp³-hybridized carbons (Fsp3) is 0.417. The first-order valence-electron chi connectivity index (χ1n) is 10.3. The van der Waals surface area contributed by atoms with E-state index in [1.54, 1.807) is 24.3 Å². The van der Waals surface area contributed by atoms with Crippen LogP contribution in [0.25, 0.3) is 0 Å². The third-order valence-corrected chi connectivity index (χ3v) is 5.15. The Balaban J connectivity index is 1.83. The summed E-state index contributed by atoms with van der Waals surface area (Å²) in [5, 5.41) is 0. The van der Waals surface area contributed by atoms with Crippen molar-refractivity contribution in [2.45, 2.75) is 46.5 Å². The van der Waals surface area contributed by atoms with Crippen molar-refractivity contribution in [2.75, 3.05) is 13.2 Å². The summed E-state index contributed by atoms with van der Waals surface area (Å²) in [5.74, 6) is 0.816. The summed E-state index contributed by atoms with van der Waals surface area (Å²) in [4.78, 5) is 24.4. The molecule has 0 aromatic heterocycles. The lowest BCUT2D eigenvalue weighted by Crippen LogP contribution is -2.43. The Hall–Kier alpha value is -2.54. The maximum Gasteiger partial charge on any atom is 0.276 e. The van der Waals surface area contributed by atoms with Crippen molar-refractivity contribution < 1.29 is 19.1 Å². The maximum atomic E-state index is 12.3. The fourth-order valence-electron chi connectivity index (χ4n) is 2.60. The van der Waals surface area contributed by atoms with Crippen LogP contribution in [0.2, 0.25) is 0 Å². The Morgan fingerprint density at radius 1 is 1.03 bits per heavy atom. The second-order valence-electron chi connectivity index (χ2n) is 8.74. The first kappa shape index (κ1) is 24.7. The molecule has 0 unspecified atom stereocenters. The molecular formula is C24H31BrN2O4. The minimum Gasteiger partial charge on any atom is -0.494 e. The van der Waals surface area contributed by atoms with Crippen molar-refractivity contribution in [3.63, 3.8) is 0 Å². The Morgan fingerprint density at radius 3 is 2.42 bits per heavy atom. The van der Waals surface area contributed by atoms with Crippen LogP contribution in [0.3, 0.4) is 0 Å². The normalized spacial score (nSPS) is 11.2. The van der Waals surface area contributed by atoms with Crippen molar-refractivity contribution in [1.82, 2.24) is 10.9 Å². The van der Waals surface area contributed by atoms with Crippen molar-refractivity contribution >= 4 is 27.7 Å². The zero-order valence-electron chi connectivity index (χ0n) is 18.8. The zero-order chi connectivity index (χ0) is 23.0. The molecule has 0 aliphatic carbocycles. The third kappa shape index (κ3) is 8.25. The van der Waals surface area contributed by atoms with Gasteiger partial charge in [0, 0.05) is 5.56 Å². The lowest BCUT2D eigenvalue weighted by molar-refractivity contribution is -0.123. The van der Waals surface area contributed by atoms with E-state index < -0.39 is 11.8 Å². The minimum atomic E-state index is -0.468. The van der Waals surface area contributed by atoms with Crippen LogP contribution < -0.4 is 20.3 Å². The van der Waals surface area contributed by atoms with Gasteiger partial charge in [-0.15, -0.1) is 0 Å². The molecule has 31 heavy (non-hydrogen) atoms. The first-order valence-corrected chi connectivity index (χ1v) is 11.1. The summed E-state index contributed by atoms with van der Waals surface area (Å²) in [6.07, 6.45) is 0.932. The summed E-state index contributed by atoms with van der Waals surface area (Å²) < 4.78 is 12.0. The Bertz CT molecular complexity index is 907. The molecule has 0 spiro atoms. The highest BCUT2D eigenvalue weighted by molar-refractivity contribution is 9.10. The van der Waals surface area contributed by atoms with Gasteiger partial charge < -0.3 is 9.47 Å². The average molecular weight is 491 g/mol. The number of hydrazine groups is 1. The van der Waals surface area contributed by atoms with Crippen LogP contribution in [0.1, 0.15) is 57.0 Å². The van der Waals surface area contributed by atoms with E-state index >= 15 is 0 Å². The predicted molar refractivity (Wildman–Crippen MR) is 125 cm³/mol. The summed E-state index contributed by atoms with van der Waals surface area (Å²) >= 11 is 3.48. The predicted octanol–water partition coefficient (Wildman–Crippen LogP) is 5.01. The molecule has 7 heteroatoms. The van der Waals surface area contributed by atoms with Gasteiger partial charge in [0.25, 0.3) is 11.8 Å². The number of hydrogen-bond donors (Lipinski definition) is 2. The molecule has 6 nitrogen and oxygen atoms in total. The molecule has 0 fully saturated rings. The second-order valence-corrected chi connectivity index (χ2v) is 9.60. The Labute approximate surface area is 192 Å². The molecule has 2 aromatic carbocycles. The third-order valence-electron chi connectivity index (χ3n) is 4.53. The maximum absolute atomic E-state index is 12.3. The number of halogens is 1. The molecule has 0 radical (unpaired) electrons. The SMILES string of the molecule is CC(C)CCOc1cccc(C(=O)NNC(=O)COc2ccc(C(C)(C)C)cc2Br)c1. The molecule has 0 bridgehead atoms. The second kappa shape index (κ2) is 11.2. The van der Waals surface area contributed by atoms with Gasteiger partial charge in [-0.2, -0.15) is 0 Å². The van der Waals surface area contributed by atoms with Crippen LogP contribution >= 0.6 is 15.9 Å². The summed E-state index contributed by atoms with van der Waals surface area (Å²) in [7, 11) is 0. The lowest BCUT2D eigenvalue weighted by Gasteiger charge is -2.20. The molecule has 168 valence electrons.